The Kier molecular flexibility index (Phi) is 7.55. The van der Waals surface area contributed by atoms with Crippen molar-refractivity contribution in [3.05, 3.63) is 47.2 Å². The van der Waals surface area contributed by atoms with E-state index in [0.29, 0.717) is 5.84 Å². The van der Waals surface area contributed by atoms with Crippen LogP contribution in [0.4, 0.5) is 0 Å². The minimum atomic E-state index is -1.27. The van der Waals surface area contributed by atoms with E-state index in [-0.39, 0.29) is 0 Å². The maximum Gasteiger partial charge on any atom is 0.178 e. The third-order valence-electron chi connectivity index (χ3n) is 7.48. The SMILES string of the molecule is CCCCSC1(SCCCC)N=C(N)[C@@]2(C#N)[C@H](c3ccccc3)NC3=C(CCCC3)[C@]12C#N. The number of rotatable bonds is 9. The molecule has 1 aromatic carbocycles. The highest BCUT2D eigenvalue weighted by Gasteiger charge is 2.77. The van der Waals surface area contributed by atoms with Crippen LogP contribution in [-0.2, 0) is 0 Å². The molecule has 1 aromatic rings. The number of aliphatic imine (C=N–C) groups is 1. The lowest BCUT2D eigenvalue weighted by Gasteiger charge is -2.54. The topological polar surface area (TPSA) is 98.0 Å². The maximum atomic E-state index is 11.2. The van der Waals surface area contributed by atoms with Crippen LogP contribution in [0.25, 0.3) is 0 Å². The molecule has 0 unspecified atom stereocenters. The summed E-state index contributed by atoms with van der Waals surface area (Å²) in [6, 6.07) is 15.0. The van der Waals surface area contributed by atoms with E-state index in [9.17, 15) is 10.5 Å². The van der Waals surface area contributed by atoms with Crippen LogP contribution >= 0.6 is 23.5 Å². The predicted octanol–water partition coefficient (Wildman–Crippen LogP) is 6.27. The van der Waals surface area contributed by atoms with Crippen LogP contribution < -0.4 is 11.1 Å². The number of nitriles is 2. The summed E-state index contributed by atoms with van der Waals surface area (Å²) in [6.45, 7) is 4.36. The molecule has 3 atom stereocenters. The van der Waals surface area contributed by atoms with Crippen molar-refractivity contribution in [3.63, 3.8) is 0 Å². The zero-order valence-electron chi connectivity index (χ0n) is 20.3. The normalized spacial score (nSPS) is 29.3. The average molecular weight is 494 g/mol. The Morgan fingerprint density at radius 2 is 1.68 bits per heavy atom. The highest BCUT2D eigenvalue weighted by Crippen LogP contribution is 2.72. The second kappa shape index (κ2) is 10.3. The van der Waals surface area contributed by atoms with Crippen molar-refractivity contribution >= 4 is 29.4 Å². The predicted molar refractivity (Wildman–Crippen MR) is 143 cm³/mol. The fourth-order valence-corrected chi connectivity index (χ4v) is 9.44. The molecule has 0 saturated carbocycles. The first-order valence-corrected chi connectivity index (χ1v) is 14.5. The number of nitrogens with zero attached hydrogens (tertiary/aromatic N) is 3. The number of hydrogen-bond acceptors (Lipinski definition) is 7. The Morgan fingerprint density at radius 3 is 2.26 bits per heavy atom. The van der Waals surface area contributed by atoms with Crippen LogP contribution in [0, 0.1) is 33.5 Å². The molecular weight excluding hydrogens is 458 g/mol. The van der Waals surface area contributed by atoms with Crippen LogP contribution in [0.1, 0.15) is 76.8 Å². The molecule has 1 aliphatic carbocycles. The monoisotopic (exact) mass is 493 g/mol. The summed E-state index contributed by atoms with van der Waals surface area (Å²) in [5, 5.41) is 25.9. The second-order valence-electron chi connectivity index (χ2n) is 9.42. The van der Waals surface area contributed by atoms with E-state index in [1.807, 2.05) is 30.3 Å². The van der Waals surface area contributed by atoms with Gasteiger partial charge in [0, 0.05) is 5.70 Å². The van der Waals surface area contributed by atoms with Crippen molar-refractivity contribution < 1.29 is 0 Å². The van der Waals surface area contributed by atoms with Gasteiger partial charge in [0.1, 0.15) is 5.84 Å². The molecule has 2 aliphatic heterocycles. The molecule has 34 heavy (non-hydrogen) atoms. The van der Waals surface area contributed by atoms with Gasteiger partial charge in [-0.2, -0.15) is 10.5 Å². The highest BCUT2D eigenvalue weighted by molar-refractivity contribution is 8.18. The number of unbranched alkanes of at least 4 members (excludes halogenated alkanes) is 2. The van der Waals surface area contributed by atoms with Gasteiger partial charge in [0.15, 0.2) is 15.0 Å². The van der Waals surface area contributed by atoms with Gasteiger partial charge < -0.3 is 11.1 Å². The smallest absolute Gasteiger partial charge is 0.178 e. The molecule has 3 N–H and O–H groups in total. The summed E-state index contributed by atoms with van der Waals surface area (Å²) in [5.41, 5.74) is 7.62. The highest BCUT2D eigenvalue weighted by atomic mass is 32.2. The fraction of sp³-hybridized carbons (Fsp3) is 0.593. The van der Waals surface area contributed by atoms with Crippen LogP contribution in [0.2, 0.25) is 0 Å². The van der Waals surface area contributed by atoms with E-state index in [1.165, 1.54) is 0 Å². The van der Waals surface area contributed by atoms with E-state index in [0.717, 1.165) is 79.7 Å². The zero-order valence-corrected chi connectivity index (χ0v) is 21.9. The van der Waals surface area contributed by atoms with E-state index in [1.54, 1.807) is 23.5 Å². The molecule has 180 valence electrons. The molecule has 0 radical (unpaired) electrons. The number of thioether (sulfide) groups is 2. The molecule has 2 heterocycles. The van der Waals surface area contributed by atoms with Gasteiger partial charge in [0.2, 0.25) is 0 Å². The van der Waals surface area contributed by atoms with Crippen molar-refractivity contribution in [2.45, 2.75) is 75.5 Å². The van der Waals surface area contributed by atoms with E-state index in [4.69, 9.17) is 10.7 Å². The third-order valence-corrected chi connectivity index (χ3v) is 10.7. The molecule has 0 saturated heterocycles. The van der Waals surface area contributed by atoms with Crippen LogP contribution in [-0.4, -0.2) is 21.5 Å². The van der Waals surface area contributed by atoms with Gasteiger partial charge in [-0.3, -0.25) is 0 Å². The molecule has 4 rings (SSSR count). The lowest BCUT2D eigenvalue weighted by molar-refractivity contribution is 0.185. The van der Waals surface area contributed by atoms with Gasteiger partial charge in [-0.05, 0) is 61.2 Å². The number of nitrogens with one attached hydrogen (secondary N) is 1. The van der Waals surface area contributed by atoms with Crippen molar-refractivity contribution in [1.29, 1.82) is 10.5 Å². The molecule has 3 aliphatic rings. The van der Waals surface area contributed by atoms with E-state index in [2.05, 4.69) is 31.3 Å². The summed E-state index contributed by atoms with van der Waals surface area (Å²) < 4.78 is -0.820. The first-order valence-electron chi connectivity index (χ1n) is 12.6. The third kappa shape index (κ3) is 3.55. The van der Waals surface area contributed by atoms with Crippen LogP contribution in [0.15, 0.2) is 46.6 Å². The van der Waals surface area contributed by atoms with Gasteiger partial charge in [-0.1, -0.05) is 57.0 Å². The van der Waals surface area contributed by atoms with Crippen LogP contribution in [0.5, 0.6) is 0 Å². The lowest BCUT2D eigenvalue weighted by atomic mass is 9.53. The first kappa shape index (κ1) is 25.0. The van der Waals surface area contributed by atoms with Gasteiger partial charge in [-0.25, -0.2) is 4.99 Å². The maximum absolute atomic E-state index is 11.2. The molecule has 0 aromatic heterocycles. The number of allylic oxidation sites excluding steroid dienone is 1. The Labute approximate surface area is 212 Å². The molecule has 0 spiro atoms. The Bertz CT molecular complexity index is 1030. The number of fused-ring (bicyclic) bond motifs is 2. The Morgan fingerprint density at radius 1 is 1.03 bits per heavy atom. The number of amidine groups is 1. The largest absolute Gasteiger partial charge is 0.386 e. The average Bonchev–Trinajstić information content (AvgIpc) is 3.10. The minimum absolute atomic E-state index is 0.308. The van der Waals surface area contributed by atoms with Crippen molar-refractivity contribution in [3.8, 4) is 12.1 Å². The quantitative estimate of drug-likeness (QED) is 0.311. The standard InChI is InChI=1S/C27H35N5S2/c1-3-5-16-33-27(34-17-6-4-2)26(19-29)21-14-10-11-15-22(21)31-23(20-12-8-7-9-13-20)25(26,18-28)24(30)32-27/h7-9,12-13,23,31H,3-6,10-11,14-17H2,1-2H3,(H2,30,32)/t23-,25+,26-/m0/s1. The van der Waals surface area contributed by atoms with Crippen LogP contribution in [0.3, 0.4) is 0 Å². The van der Waals surface area contributed by atoms with Gasteiger partial charge in [0.25, 0.3) is 0 Å². The zero-order chi connectivity index (χ0) is 24.2. The number of hydrogen-bond donors (Lipinski definition) is 2. The van der Waals surface area contributed by atoms with Gasteiger partial charge in [0.05, 0.1) is 18.2 Å². The molecule has 0 amide bonds. The van der Waals surface area contributed by atoms with Crippen molar-refractivity contribution in [2.75, 3.05) is 11.5 Å². The van der Waals surface area contributed by atoms with Crippen molar-refractivity contribution in [2.24, 2.45) is 21.6 Å². The minimum Gasteiger partial charge on any atom is -0.386 e. The summed E-state index contributed by atoms with van der Waals surface area (Å²) in [5.74, 6) is 2.09. The molecule has 5 nitrogen and oxygen atoms in total. The Balaban J connectivity index is 1.99. The molecule has 0 fully saturated rings. The molecule has 0 bridgehead atoms. The molecule has 7 heteroatoms. The number of nitrogens with two attached hydrogens (primary N) is 1. The summed E-state index contributed by atoms with van der Waals surface area (Å²) >= 11 is 3.49. The number of benzene rings is 1. The summed E-state index contributed by atoms with van der Waals surface area (Å²) in [4.78, 5) is 5.16. The first-order chi connectivity index (χ1) is 16.6. The second-order valence-corrected chi connectivity index (χ2v) is 12.3. The summed E-state index contributed by atoms with van der Waals surface area (Å²) in [6.07, 6.45) is 8.07. The fourth-order valence-electron chi connectivity index (χ4n) is 5.77. The van der Waals surface area contributed by atoms with Gasteiger partial charge >= 0.3 is 0 Å². The Hall–Kier alpha value is -2.09. The lowest BCUT2D eigenvalue weighted by Crippen LogP contribution is -2.62. The molecular formula is C27H35N5S2. The van der Waals surface area contributed by atoms with E-state index >= 15 is 0 Å². The van der Waals surface area contributed by atoms with E-state index < -0.39 is 21.1 Å². The van der Waals surface area contributed by atoms with Crippen molar-refractivity contribution in [1.82, 2.24) is 5.32 Å². The van der Waals surface area contributed by atoms with Gasteiger partial charge in [-0.15, -0.1) is 23.5 Å². The summed E-state index contributed by atoms with van der Waals surface area (Å²) in [7, 11) is 0.